The van der Waals surface area contributed by atoms with Crippen molar-refractivity contribution in [3.8, 4) is 0 Å². The smallest absolute Gasteiger partial charge is 0.309 e. The lowest BCUT2D eigenvalue weighted by Crippen LogP contribution is -2.37. The second-order valence-electron chi connectivity index (χ2n) is 4.77. The molecule has 0 bridgehead atoms. The van der Waals surface area contributed by atoms with E-state index in [1.165, 1.54) is 0 Å². The van der Waals surface area contributed by atoms with Crippen LogP contribution in [0.1, 0.15) is 33.1 Å². The van der Waals surface area contributed by atoms with E-state index in [9.17, 15) is 9.90 Å². The summed E-state index contributed by atoms with van der Waals surface area (Å²) in [6, 6.07) is 0. The van der Waals surface area contributed by atoms with Gasteiger partial charge < -0.3 is 10.0 Å². The van der Waals surface area contributed by atoms with Crippen LogP contribution in [0.2, 0.25) is 0 Å². The lowest BCUT2D eigenvalue weighted by molar-refractivity contribution is -0.152. The summed E-state index contributed by atoms with van der Waals surface area (Å²) in [5.74, 6) is -0.380. The molecule has 0 aliphatic carbocycles. The SMILES string of the molecule is CC(C)C1(C(=O)O)CCCN(C)CC1. The number of carboxylic acids is 1. The van der Waals surface area contributed by atoms with Crippen LogP contribution in [0.25, 0.3) is 0 Å². The van der Waals surface area contributed by atoms with E-state index in [1.54, 1.807) is 0 Å². The van der Waals surface area contributed by atoms with Crippen molar-refractivity contribution in [2.24, 2.45) is 11.3 Å². The molecule has 0 aromatic carbocycles. The molecule has 1 aliphatic rings. The van der Waals surface area contributed by atoms with Crippen molar-refractivity contribution >= 4 is 5.97 Å². The van der Waals surface area contributed by atoms with E-state index >= 15 is 0 Å². The second kappa shape index (κ2) is 4.30. The summed E-state index contributed by atoms with van der Waals surface area (Å²) in [6.07, 6.45) is 2.61. The minimum atomic E-state index is -0.609. The number of aliphatic carboxylic acids is 1. The van der Waals surface area contributed by atoms with Gasteiger partial charge in [-0.2, -0.15) is 0 Å². The Morgan fingerprint density at radius 1 is 1.36 bits per heavy atom. The van der Waals surface area contributed by atoms with Crippen LogP contribution in [-0.4, -0.2) is 36.1 Å². The summed E-state index contributed by atoms with van der Waals surface area (Å²) in [6.45, 7) is 5.99. The van der Waals surface area contributed by atoms with Crippen LogP contribution >= 0.6 is 0 Å². The van der Waals surface area contributed by atoms with Crippen molar-refractivity contribution < 1.29 is 9.90 Å². The quantitative estimate of drug-likeness (QED) is 0.737. The molecular weight excluding hydrogens is 178 g/mol. The first kappa shape index (κ1) is 11.5. The molecule has 0 saturated carbocycles. The maximum Gasteiger partial charge on any atom is 0.309 e. The van der Waals surface area contributed by atoms with Gasteiger partial charge in [0.1, 0.15) is 0 Å². The summed E-state index contributed by atoms with van der Waals surface area (Å²) in [7, 11) is 2.07. The second-order valence-corrected chi connectivity index (χ2v) is 4.77. The number of likely N-dealkylation sites (tertiary alicyclic amines) is 1. The molecule has 1 fully saturated rings. The van der Waals surface area contributed by atoms with Gasteiger partial charge in [-0.25, -0.2) is 0 Å². The lowest BCUT2D eigenvalue weighted by Gasteiger charge is -2.32. The first-order valence-electron chi connectivity index (χ1n) is 5.41. The number of hydrogen-bond acceptors (Lipinski definition) is 2. The average molecular weight is 199 g/mol. The van der Waals surface area contributed by atoms with Gasteiger partial charge in [-0.05, 0) is 45.3 Å². The summed E-state index contributed by atoms with van der Waals surface area (Å²) >= 11 is 0. The van der Waals surface area contributed by atoms with Crippen molar-refractivity contribution in [2.45, 2.75) is 33.1 Å². The first-order chi connectivity index (χ1) is 6.49. The summed E-state index contributed by atoms with van der Waals surface area (Å²) in [5.41, 5.74) is -0.481. The first-order valence-corrected chi connectivity index (χ1v) is 5.41. The zero-order chi connectivity index (χ0) is 10.8. The molecule has 1 saturated heterocycles. The van der Waals surface area contributed by atoms with Crippen LogP contribution in [-0.2, 0) is 4.79 Å². The van der Waals surface area contributed by atoms with Crippen molar-refractivity contribution in [2.75, 3.05) is 20.1 Å². The number of carboxylic acid groups (broad SMARTS) is 1. The van der Waals surface area contributed by atoms with Crippen molar-refractivity contribution in [1.29, 1.82) is 0 Å². The lowest BCUT2D eigenvalue weighted by atomic mass is 9.72. The van der Waals surface area contributed by atoms with E-state index in [0.717, 1.165) is 32.4 Å². The molecule has 82 valence electrons. The fourth-order valence-corrected chi connectivity index (χ4v) is 2.33. The van der Waals surface area contributed by atoms with Gasteiger partial charge >= 0.3 is 5.97 Å². The monoisotopic (exact) mass is 199 g/mol. The van der Waals surface area contributed by atoms with Crippen molar-refractivity contribution in [3.63, 3.8) is 0 Å². The van der Waals surface area contributed by atoms with Crippen LogP contribution < -0.4 is 0 Å². The van der Waals surface area contributed by atoms with Crippen LogP contribution in [0.4, 0.5) is 0 Å². The molecule has 1 aliphatic heterocycles. The highest BCUT2D eigenvalue weighted by Crippen LogP contribution is 2.38. The third-order valence-electron chi connectivity index (χ3n) is 3.63. The van der Waals surface area contributed by atoms with Gasteiger partial charge in [0.2, 0.25) is 0 Å². The Balaban J connectivity index is 2.81. The van der Waals surface area contributed by atoms with Gasteiger partial charge in [0.05, 0.1) is 5.41 Å². The Hall–Kier alpha value is -0.570. The van der Waals surface area contributed by atoms with Crippen molar-refractivity contribution in [3.05, 3.63) is 0 Å². The summed E-state index contributed by atoms with van der Waals surface area (Å²) in [5, 5.41) is 9.35. The van der Waals surface area contributed by atoms with Gasteiger partial charge in [0, 0.05) is 0 Å². The highest BCUT2D eigenvalue weighted by atomic mass is 16.4. The Morgan fingerprint density at radius 2 is 2.00 bits per heavy atom. The van der Waals surface area contributed by atoms with E-state index in [4.69, 9.17) is 0 Å². The maximum atomic E-state index is 11.4. The normalized spacial score (nSPS) is 30.3. The minimum absolute atomic E-state index is 0.228. The molecule has 3 nitrogen and oxygen atoms in total. The highest BCUT2D eigenvalue weighted by Gasteiger charge is 2.41. The topological polar surface area (TPSA) is 40.5 Å². The van der Waals surface area contributed by atoms with Crippen LogP contribution in [0, 0.1) is 11.3 Å². The van der Waals surface area contributed by atoms with E-state index < -0.39 is 11.4 Å². The molecule has 0 spiro atoms. The third kappa shape index (κ3) is 2.08. The molecule has 0 aromatic heterocycles. The number of hydrogen-bond donors (Lipinski definition) is 1. The maximum absolute atomic E-state index is 11.4. The number of nitrogens with zero attached hydrogens (tertiary/aromatic N) is 1. The van der Waals surface area contributed by atoms with Gasteiger partial charge in [-0.15, -0.1) is 0 Å². The standard InChI is InChI=1S/C11H21NO2/c1-9(2)11(10(13)14)5-4-7-12(3)8-6-11/h9H,4-8H2,1-3H3,(H,13,14). The Labute approximate surface area is 86.1 Å². The molecule has 3 heteroatoms. The predicted octanol–water partition coefficient (Wildman–Crippen LogP) is 1.83. The number of rotatable bonds is 2. The molecule has 1 heterocycles. The Bertz CT molecular complexity index is 215. The summed E-state index contributed by atoms with van der Waals surface area (Å²) < 4.78 is 0. The van der Waals surface area contributed by atoms with Crippen LogP contribution in [0.5, 0.6) is 0 Å². The van der Waals surface area contributed by atoms with Crippen molar-refractivity contribution in [1.82, 2.24) is 4.90 Å². The van der Waals surface area contributed by atoms with E-state index in [-0.39, 0.29) is 5.92 Å². The predicted molar refractivity (Wildman–Crippen MR) is 56.3 cm³/mol. The van der Waals surface area contributed by atoms with E-state index in [2.05, 4.69) is 11.9 Å². The minimum Gasteiger partial charge on any atom is -0.481 e. The Kier molecular flexibility index (Phi) is 3.53. The number of carbonyl (C=O) groups is 1. The third-order valence-corrected chi connectivity index (χ3v) is 3.63. The van der Waals surface area contributed by atoms with Gasteiger partial charge in [0.25, 0.3) is 0 Å². The molecule has 14 heavy (non-hydrogen) atoms. The molecule has 0 aromatic rings. The molecule has 1 unspecified atom stereocenters. The van der Waals surface area contributed by atoms with E-state index in [1.807, 2.05) is 13.8 Å². The molecule has 0 amide bonds. The fourth-order valence-electron chi connectivity index (χ4n) is 2.33. The van der Waals surface area contributed by atoms with Gasteiger partial charge in [0.15, 0.2) is 0 Å². The molecule has 0 radical (unpaired) electrons. The zero-order valence-electron chi connectivity index (χ0n) is 9.42. The van der Waals surface area contributed by atoms with Crippen LogP contribution in [0.3, 0.4) is 0 Å². The zero-order valence-corrected chi connectivity index (χ0v) is 9.42. The molecule has 1 N–H and O–H groups in total. The highest BCUT2D eigenvalue weighted by molar-refractivity contribution is 5.75. The molecular formula is C11H21NO2. The Morgan fingerprint density at radius 3 is 2.50 bits per heavy atom. The largest absolute Gasteiger partial charge is 0.481 e. The van der Waals surface area contributed by atoms with Gasteiger partial charge in [-0.3, -0.25) is 4.79 Å². The van der Waals surface area contributed by atoms with E-state index in [0.29, 0.717) is 0 Å². The van der Waals surface area contributed by atoms with Crippen LogP contribution in [0.15, 0.2) is 0 Å². The molecule has 1 rings (SSSR count). The average Bonchev–Trinajstić information content (AvgIpc) is 2.27. The summed E-state index contributed by atoms with van der Waals surface area (Å²) in [4.78, 5) is 13.6. The van der Waals surface area contributed by atoms with Gasteiger partial charge in [-0.1, -0.05) is 13.8 Å². The molecule has 1 atom stereocenters. The fraction of sp³-hybridized carbons (Fsp3) is 0.909.